The average Bonchev–Trinajstić information content (AvgIpc) is 2.65. The molecule has 1 unspecified atom stereocenters. The van der Waals surface area contributed by atoms with Crippen molar-refractivity contribution in [1.82, 2.24) is 0 Å². The molecule has 0 spiro atoms. The van der Waals surface area contributed by atoms with Crippen LogP contribution < -0.4 is 0 Å². The van der Waals surface area contributed by atoms with Crippen LogP contribution in [-0.2, 0) is 14.3 Å². The third kappa shape index (κ3) is 3.64. The zero-order valence-corrected chi connectivity index (χ0v) is 9.47. The van der Waals surface area contributed by atoms with Crippen LogP contribution in [0.2, 0.25) is 0 Å². The van der Waals surface area contributed by atoms with Crippen molar-refractivity contribution in [3.05, 3.63) is 23.6 Å². The lowest BCUT2D eigenvalue weighted by Gasteiger charge is -2.08. The van der Waals surface area contributed by atoms with Gasteiger partial charge in [0.05, 0.1) is 6.61 Å². The van der Waals surface area contributed by atoms with Crippen molar-refractivity contribution in [3.63, 3.8) is 0 Å². The molecule has 0 saturated carbocycles. The maximum Gasteiger partial charge on any atom is 0.330 e. The van der Waals surface area contributed by atoms with Gasteiger partial charge in [-0.25, -0.2) is 4.79 Å². The van der Waals surface area contributed by atoms with Crippen LogP contribution in [0.15, 0.2) is 23.6 Å². The topological polar surface area (TPSA) is 63.6 Å². The molecule has 0 aliphatic carbocycles. The maximum absolute atomic E-state index is 10.8. The van der Waals surface area contributed by atoms with E-state index in [1.807, 2.05) is 0 Å². The predicted molar refractivity (Wildman–Crippen MR) is 60.5 cm³/mol. The van der Waals surface area contributed by atoms with Gasteiger partial charge in [0.25, 0.3) is 0 Å². The van der Waals surface area contributed by atoms with Gasteiger partial charge in [0.2, 0.25) is 0 Å². The first-order valence-corrected chi connectivity index (χ1v) is 6.46. The molecule has 1 atom stereocenters. The lowest BCUT2D eigenvalue weighted by molar-refractivity contribution is -0.137. The van der Waals surface area contributed by atoms with E-state index in [-0.39, 0.29) is 6.61 Å². The molecule has 0 saturated heterocycles. The lowest BCUT2D eigenvalue weighted by Crippen LogP contribution is -2.17. The van der Waals surface area contributed by atoms with Crippen LogP contribution in [-0.4, -0.2) is 28.9 Å². The van der Waals surface area contributed by atoms with Gasteiger partial charge in [-0.15, -0.1) is 0 Å². The summed E-state index contributed by atoms with van der Waals surface area (Å²) < 4.78 is 4.77. The molecule has 1 rings (SSSR count). The zero-order valence-electron chi connectivity index (χ0n) is 7.84. The Kier molecular flexibility index (Phi) is 4.77. The summed E-state index contributed by atoms with van der Waals surface area (Å²) in [6, 6.07) is 0. The Hall–Kier alpha value is -0.880. The van der Waals surface area contributed by atoms with Crippen molar-refractivity contribution in [2.45, 2.75) is 11.7 Å². The Balaban J connectivity index is 2.35. The maximum atomic E-state index is 10.8. The van der Waals surface area contributed by atoms with Gasteiger partial charge in [-0.2, -0.15) is 0 Å². The highest BCUT2D eigenvalue weighted by Gasteiger charge is 2.27. The minimum atomic E-state index is -0.855. The molecule has 4 nitrogen and oxygen atoms in total. The summed E-state index contributed by atoms with van der Waals surface area (Å²) in [4.78, 5) is 21.5. The van der Waals surface area contributed by atoms with Gasteiger partial charge >= 0.3 is 11.9 Å². The molecule has 15 heavy (non-hydrogen) atoms. The third-order valence-corrected chi connectivity index (χ3v) is 4.12. The standard InChI is InChI=1S/C9H10O4S2/c1-2-7(10)13-4-3-6-5-14-15-8(6)9(11)12/h2,5,8H,1,3-4H2,(H,11,12). The van der Waals surface area contributed by atoms with E-state index in [0.717, 1.165) is 11.6 Å². The van der Waals surface area contributed by atoms with Gasteiger partial charge in [0.1, 0.15) is 5.25 Å². The highest BCUT2D eigenvalue weighted by molar-refractivity contribution is 8.78. The molecule has 6 heteroatoms. The van der Waals surface area contributed by atoms with Crippen LogP contribution in [0.4, 0.5) is 0 Å². The number of carboxylic acids is 1. The Bertz CT molecular complexity index is 311. The van der Waals surface area contributed by atoms with E-state index < -0.39 is 17.2 Å². The summed E-state index contributed by atoms with van der Waals surface area (Å²) in [5.74, 6) is -1.34. The van der Waals surface area contributed by atoms with Gasteiger partial charge in [-0.05, 0) is 11.0 Å². The molecule has 0 bridgehead atoms. The predicted octanol–water partition coefficient (Wildman–Crippen LogP) is 1.84. The van der Waals surface area contributed by atoms with Gasteiger partial charge in [0, 0.05) is 12.5 Å². The summed E-state index contributed by atoms with van der Waals surface area (Å²) in [5, 5.41) is 10.1. The molecular weight excluding hydrogens is 236 g/mol. The molecule has 1 heterocycles. The van der Waals surface area contributed by atoms with E-state index in [0.29, 0.717) is 6.42 Å². The summed E-state index contributed by atoms with van der Waals surface area (Å²) in [6.45, 7) is 3.46. The number of carboxylic acid groups (broad SMARTS) is 1. The first-order chi connectivity index (χ1) is 7.15. The van der Waals surface area contributed by atoms with E-state index in [1.54, 1.807) is 5.41 Å². The van der Waals surface area contributed by atoms with Gasteiger partial charge in [-0.3, -0.25) is 4.79 Å². The van der Waals surface area contributed by atoms with E-state index in [2.05, 4.69) is 6.58 Å². The van der Waals surface area contributed by atoms with Gasteiger partial charge in [0.15, 0.2) is 0 Å². The molecule has 1 N–H and O–H groups in total. The second-order valence-electron chi connectivity index (χ2n) is 2.73. The van der Waals surface area contributed by atoms with Crippen LogP contribution in [0.3, 0.4) is 0 Å². The first-order valence-electron chi connectivity index (χ1n) is 4.18. The third-order valence-electron chi connectivity index (χ3n) is 1.71. The molecule has 1 aliphatic rings. The number of hydrogen-bond acceptors (Lipinski definition) is 5. The summed E-state index contributed by atoms with van der Waals surface area (Å²) >= 11 is 0. The monoisotopic (exact) mass is 246 g/mol. The van der Waals surface area contributed by atoms with E-state index >= 15 is 0 Å². The number of ether oxygens (including phenoxy) is 1. The molecule has 82 valence electrons. The number of hydrogen-bond donors (Lipinski definition) is 1. The van der Waals surface area contributed by atoms with Gasteiger partial charge < -0.3 is 9.84 Å². The molecule has 1 aliphatic heterocycles. The van der Waals surface area contributed by atoms with Crippen molar-refractivity contribution in [2.24, 2.45) is 0 Å². The Morgan fingerprint density at radius 1 is 1.67 bits per heavy atom. The van der Waals surface area contributed by atoms with Crippen LogP contribution >= 0.6 is 21.6 Å². The summed E-state index contributed by atoms with van der Waals surface area (Å²) in [6.07, 6.45) is 1.54. The molecule has 0 amide bonds. The van der Waals surface area contributed by atoms with Crippen LogP contribution in [0.25, 0.3) is 0 Å². The summed E-state index contributed by atoms with van der Waals surface area (Å²) in [5.41, 5.74) is 0.786. The number of esters is 1. The second-order valence-corrected chi connectivity index (χ2v) is 4.97. The van der Waals surface area contributed by atoms with Crippen LogP contribution in [0.1, 0.15) is 6.42 Å². The molecular formula is C9H10O4S2. The van der Waals surface area contributed by atoms with E-state index in [1.165, 1.54) is 21.6 Å². The van der Waals surface area contributed by atoms with Crippen molar-refractivity contribution in [3.8, 4) is 0 Å². The highest BCUT2D eigenvalue weighted by atomic mass is 33.1. The zero-order chi connectivity index (χ0) is 11.3. The summed E-state index contributed by atoms with van der Waals surface area (Å²) in [7, 11) is 2.68. The average molecular weight is 246 g/mol. The highest BCUT2D eigenvalue weighted by Crippen LogP contribution is 2.41. The van der Waals surface area contributed by atoms with Crippen molar-refractivity contribution < 1.29 is 19.4 Å². The van der Waals surface area contributed by atoms with Gasteiger partial charge in [-0.1, -0.05) is 28.2 Å². The molecule has 0 aromatic carbocycles. The SMILES string of the molecule is C=CC(=O)OCCC1=CSSC1C(=O)O. The fourth-order valence-corrected chi connectivity index (χ4v) is 3.50. The van der Waals surface area contributed by atoms with Crippen molar-refractivity contribution >= 4 is 33.5 Å². The minimum absolute atomic E-state index is 0.196. The number of aliphatic carboxylic acids is 1. The largest absolute Gasteiger partial charge is 0.480 e. The smallest absolute Gasteiger partial charge is 0.330 e. The van der Waals surface area contributed by atoms with E-state index in [9.17, 15) is 9.59 Å². The molecule has 0 radical (unpaired) electrons. The normalized spacial score (nSPS) is 19.5. The fourth-order valence-electron chi connectivity index (χ4n) is 0.987. The first kappa shape index (κ1) is 12.2. The Morgan fingerprint density at radius 3 is 3.00 bits per heavy atom. The molecule has 0 aromatic heterocycles. The number of carbonyl (C=O) groups excluding carboxylic acids is 1. The van der Waals surface area contributed by atoms with Crippen LogP contribution in [0, 0.1) is 0 Å². The number of rotatable bonds is 5. The van der Waals surface area contributed by atoms with Crippen molar-refractivity contribution in [1.29, 1.82) is 0 Å². The fraction of sp³-hybridized carbons (Fsp3) is 0.333. The number of carbonyl (C=O) groups is 2. The van der Waals surface area contributed by atoms with Crippen molar-refractivity contribution in [2.75, 3.05) is 6.61 Å². The second kappa shape index (κ2) is 5.87. The molecule has 0 fully saturated rings. The van der Waals surface area contributed by atoms with Crippen LogP contribution in [0.5, 0.6) is 0 Å². The quantitative estimate of drug-likeness (QED) is 0.453. The minimum Gasteiger partial charge on any atom is -0.480 e. The Morgan fingerprint density at radius 2 is 2.40 bits per heavy atom. The van der Waals surface area contributed by atoms with E-state index in [4.69, 9.17) is 9.84 Å². The molecule has 0 aromatic rings. The Labute approximate surface area is 95.2 Å². The lowest BCUT2D eigenvalue weighted by atomic mass is 10.1.